The van der Waals surface area contributed by atoms with Crippen LogP contribution in [0.3, 0.4) is 0 Å². The summed E-state index contributed by atoms with van der Waals surface area (Å²) in [6, 6.07) is 60.1. The van der Waals surface area contributed by atoms with E-state index in [4.69, 9.17) is 5.73 Å². The van der Waals surface area contributed by atoms with Crippen LogP contribution in [0.5, 0.6) is 0 Å². The number of hydrogen-bond donors (Lipinski definition) is 2. The summed E-state index contributed by atoms with van der Waals surface area (Å²) in [5, 5.41) is 11.2. The van der Waals surface area contributed by atoms with Gasteiger partial charge in [-0.05, 0) is 103 Å². The Balaban J connectivity index is 0.000000252. The predicted octanol–water partition coefficient (Wildman–Crippen LogP) is 14.3. The van der Waals surface area contributed by atoms with Crippen LogP contribution in [-0.4, -0.2) is 0 Å². The Labute approximate surface area is 320 Å². The minimum Gasteiger partial charge on any atom is -0.397 e. The summed E-state index contributed by atoms with van der Waals surface area (Å²) in [5.41, 5.74) is 16.7. The van der Waals surface area contributed by atoms with Gasteiger partial charge in [-0.25, -0.2) is 0 Å². The molecule has 0 spiro atoms. The first-order valence-electron chi connectivity index (χ1n) is 19.0. The van der Waals surface area contributed by atoms with E-state index in [1.807, 2.05) is 44.2 Å². The number of hydrogen-bond acceptors (Lipinski definition) is 2. The van der Waals surface area contributed by atoms with Gasteiger partial charge in [0.05, 0.1) is 11.4 Å². The summed E-state index contributed by atoms with van der Waals surface area (Å²) < 4.78 is 0. The molecule has 0 heterocycles. The Morgan fingerprint density at radius 3 is 1.78 bits per heavy atom. The molecular weight excluding hydrogens is 653 g/mol. The summed E-state index contributed by atoms with van der Waals surface area (Å²) in [7, 11) is 0. The standard InChI is InChI=1S/C37H30N2.C13H12.C2H6/c1-37(22-20-28(21-23-37)39-34-17-9-8-16-33(34)38)36-31-14-6-4-12-29(31)35(30-13-5-7-15-32(30)36)27-19-18-25-10-2-3-11-26(25)24-27;1-11-7-5-6-10-13(11)12-8-3-2-4-9-12;1-2/h2-22,24,39H,23,38H2,1H3;2-10H,1H3;1-2H3. The Kier molecular flexibility index (Phi) is 10.7. The van der Waals surface area contributed by atoms with Crippen LogP contribution >= 0.6 is 0 Å². The number of benzene rings is 8. The highest BCUT2D eigenvalue weighted by Crippen LogP contribution is 2.47. The Hall–Kier alpha value is -6.38. The molecule has 1 aliphatic carbocycles. The SMILES string of the molecule is CC.CC1(c2c3ccccc3c(-c3ccc4ccccc4c3)c3ccccc23)C=CC(Nc2ccccc2N)=CC1.Cc1ccccc1-c1ccccc1. The van der Waals surface area contributed by atoms with E-state index in [9.17, 15) is 0 Å². The molecule has 1 atom stereocenters. The van der Waals surface area contributed by atoms with Crippen LogP contribution in [0.25, 0.3) is 54.6 Å². The molecule has 0 fully saturated rings. The Morgan fingerprint density at radius 1 is 0.556 bits per heavy atom. The monoisotopic (exact) mass is 700 g/mol. The van der Waals surface area contributed by atoms with Crippen molar-refractivity contribution in [3.8, 4) is 22.3 Å². The van der Waals surface area contributed by atoms with Gasteiger partial charge in [-0.15, -0.1) is 0 Å². The quantitative estimate of drug-likeness (QED) is 0.139. The lowest BCUT2D eigenvalue weighted by molar-refractivity contribution is 0.607. The molecule has 266 valence electrons. The van der Waals surface area contributed by atoms with E-state index in [1.54, 1.807) is 0 Å². The van der Waals surface area contributed by atoms with Crippen molar-refractivity contribution < 1.29 is 0 Å². The third-order valence-corrected chi connectivity index (χ3v) is 10.4. The molecule has 9 rings (SSSR count). The van der Waals surface area contributed by atoms with E-state index in [-0.39, 0.29) is 5.41 Å². The van der Waals surface area contributed by atoms with Crippen LogP contribution in [0, 0.1) is 6.92 Å². The number of allylic oxidation sites excluding steroid dienone is 3. The lowest BCUT2D eigenvalue weighted by Crippen LogP contribution is -2.22. The molecule has 8 aromatic carbocycles. The van der Waals surface area contributed by atoms with Gasteiger partial charge in [-0.1, -0.05) is 185 Å². The van der Waals surface area contributed by atoms with Crippen LogP contribution < -0.4 is 11.1 Å². The largest absolute Gasteiger partial charge is 0.397 e. The van der Waals surface area contributed by atoms with Crippen LogP contribution in [0.15, 0.2) is 194 Å². The number of aryl methyl sites for hydroxylation is 1. The molecule has 1 unspecified atom stereocenters. The smallest absolute Gasteiger partial charge is 0.0617 e. The van der Waals surface area contributed by atoms with Crippen molar-refractivity contribution in [2.24, 2.45) is 0 Å². The highest BCUT2D eigenvalue weighted by Gasteiger charge is 2.30. The Morgan fingerprint density at radius 2 is 1.13 bits per heavy atom. The molecule has 54 heavy (non-hydrogen) atoms. The minimum atomic E-state index is -0.158. The second-order valence-corrected chi connectivity index (χ2v) is 13.9. The van der Waals surface area contributed by atoms with Gasteiger partial charge in [-0.2, -0.15) is 0 Å². The average Bonchev–Trinajstić information content (AvgIpc) is 3.23. The molecule has 1 aliphatic rings. The molecule has 2 heteroatoms. The zero-order valence-electron chi connectivity index (χ0n) is 31.7. The molecule has 0 aliphatic heterocycles. The molecule has 0 aromatic heterocycles. The molecule has 8 aromatic rings. The molecule has 0 saturated carbocycles. The lowest BCUT2D eigenvalue weighted by Gasteiger charge is -2.32. The summed E-state index contributed by atoms with van der Waals surface area (Å²) >= 11 is 0. The number of anilines is 2. The van der Waals surface area contributed by atoms with Crippen LogP contribution in [-0.2, 0) is 5.41 Å². The number of para-hydroxylation sites is 2. The molecule has 0 bridgehead atoms. The summed E-state index contributed by atoms with van der Waals surface area (Å²) in [5.74, 6) is 0. The molecule has 0 amide bonds. The van der Waals surface area contributed by atoms with Gasteiger partial charge >= 0.3 is 0 Å². The fourth-order valence-electron chi connectivity index (χ4n) is 7.69. The first kappa shape index (κ1) is 36.0. The van der Waals surface area contributed by atoms with Crippen molar-refractivity contribution in [2.75, 3.05) is 11.1 Å². The van der Waals surface area contributed by atoms with Crippen LogP contribution in [0.1, 0.15) is 38.3 Å². The molecular formula is C52H48N2. The van der Waals surface area contributed by atoms with E-state index in [0.717, 1.165) is 23.5 Å². The second kappa shape index (κ2) is 16.1. The van der Waals surface area contributed by atoms with E-state index >= 15 is 0 Å². The predicted molar refractivity (Wildman–Crippen MR) is 236 cm³/mol. The van der Waals surface area contributed by atoms with Crippen molar-refractivity contribution in [3.63, 3.8) is 0 Å². The summed E-state index contributed by atoms with van der Waals surface area (Å²) in [6.45, 7) is 8.50. The highest BCUT2D eigenvalue weighted by atomic mass is 14.9. The van der Waals surface area contributed by atoms with Gasteiger partial charge in [0.1, 0.15) is 0 Å². The molecule has 0 radical (unpaired) electrons. The number of nitrogen functional groups attached to an aromatic ring is 1. The fourth-order valence-corrected chi connectivity index (χ4v) is 7.69. The number of rotatable bonds is 5. The van der Waals surface area contributed by atoms with Crippen molar-refractivity contribution >= 4 is 43.7 Å². The maximum atomic E-state index is 6.19. The summed E-state index contributed by atoms with van der Waals surface area (Å²) in [6.07, 6.45) is 7.75. The van der Waals surface area contributed by atoms with Crippen molar-refractivity contribution in [1.29, 1.82) is 0 Å². The number of nitrogens with two attached hydrogens (primary N) is 1. The first-order chi connectivity index (χ1) is 26.5. The topological polar surface area (TPSA) is 38.0 Å². The minimum absolute atomic E-state index is 0.158. The number of nitrogens with one attached hydrogen (secondary N) is 1. The first-order valence-corrected chi connectivity index (χ1v) is 19.0. The van der Waals surface area contributed by atoms with Gasteiger partial charge in [0.15, 0.2) is 0 Å². The van der Waals surface area contributed by atoms with Crippen LogP contribution in [0.4, 0.5) is 11.4 Å². The third-order valence-electron chi connectivity index (χ3n) is 10.4. The van der Waals surface area contributed by atoms with E-state index in [2.05, 4.69) is 177 Å². The van der Waals surface area contributed by atoms with Gasteiger partial charge < -0.3 is 11.1 Å². The van der Waals surface area contributed by atoms with Crippen molar-refractivity contribution in [3.05, 3.63) is 205 Å². The van der Waals surface area contributed by atoms with E-state index < -0.39 is 0 Å². The molecule has 3 N–H and O–H groups in total. The normalized spacial score (nSPS) is 14.8. The maximum Gasteiger partial charge on any atom is 0.0617 e. The van der Waals surface area contributed by atoms with Gasteiger partial charge in [-0.3, -0.25) is 0 Å². The fraction of sp³-hybridized carbons (Fsp3) is 0.115. The lowest BCUT2D eigenvalue weighted by atomic mass is 9.72. The number of fused-ring (bicyclic) bond motifs is 3. The average molecular weight is 701 g/mol. The van der Waals surface area contributed by atoms with Crippen molar-refractivity contribution in [1.82, 2.24) is 0 Å². The highest BCUT2D eigenvalue weighted by molar-refractivity contribution is 6.16. The van der Waals surface area contributed by atoms with Gasteiger partial charge in [0.2, 0.25) is 0 Å². The Bertz CT molecular complexity index is 2560. The third kappa shape index (κ3) is 7.29. The van der Waals surface area contributed by atoms with Gasteiger partial charge in [0.25, 0.3) is 0 Å². The zero-order valence-corrected chi connectivity index (χ0v) is 31.7. The summed E-state index contributed by atoms with van der Waals surface area (Å²) in [4.78, 5) is 0. The van der Waals surface area contributed by atoms with Gasteiger partial charge in [0, 0.05) is 11.1 Å². The zero-order chi connectivity index (χ0) is 37.5. The van der Waals surface area contributed by atoms with Crippen molar-refractivity contribution in [2.45, 2.75) is 39.5 Å². The van der Waals surface area contributed by atoms with E-state index in [1.165, 1.54) is 65.7 Å². The molecule has 0 saturated heterocycles. The van der Waals surface area contributed by atoms with Crippen LogP contribution in [0.2, 0.25) is 0 Å². The molecule has 2 nitrogen and oxygen atoms in total. The van der Waals surface area contributed by atoms with E-state index in [0.29, 0.717) is 0 Å². The maximum absolute atomic E-state index is 6.19. The second-order valence-electron chi connectivity index (χ2n) is 13.9.